The molecule has 3 amide bonds. The molecule has 9 nitrogen and oxygen atoms in total. The first-order valence-corrected chi connectivity index (χ1v) is 10.5. The molecular weight excluding hydrogens is 396 g/mol. The quantitative estimate of drug-likeness (QED) is 0.508. The van der Waals surface area contributed by atoms with Crippen molar-refractivity contribution < 1.29 is 14.4 Å². The molecule has 1 aromatic heterocycles. The molecule has 9 heteroatoms. The number of hydrogen-bond acceptors (Lipinski definition) is 5. The van der Waals surface area contributed by atoms with Crippen LogP contribution in [0, 0.1) is 29.1 Å². The van der Waals surface area contributed by atoms with Crippen molar-refractivity contribution in [3.8, 4) is 6.07 Å². The molecule has 1 aliphatic rings. The number of nitrogens with one attached hydrogen (secondary N) is 4. The third-order valence-electron chi connectivity index (χ3n) is 5.62. The van der Waals surface area contributed by atoms with Gasteiger partial charge in [-0.15, -0.1) is 0 Å². The molecule has 1 saturated heterocycles. The fourth-order valence-electron chi connectivity index (χ4n) is 3.87. The van der Waals surface area contributed by atoms with Crippen LogP contribution in [0.2, 0.25) is 0 Å². The zero-order chi connectivity index (χ0) is 22.5. The van der Waals surface area contributed by atoms with Crippen molar-refractivity contribution in [3.05, 3.63) is 30.1 Å². The number of fused-ring (bicyclic) bond motifs is 1. The van der Waals surface area contributed by atoms with E-state index >= 15 is 0 Å². The molecule has 3 rings (SSSR count). The Labute approximate surface area is 181 Å². The summed E-state index contributed by atoms with van der Waals surface area (Å²) in [6.07, 6.45) is 1.03. The minimum atomic E-state index is -0.834. The summed E-state index contributed by atoms with van der Waals surface area (Å²) < 4.78 is 0. The van der Waals surface area contributed by atoms with E-state index in [0.717, 1.165) is 5.52 Å². The Morgan fingerprint density at radius 2 is 2.00 bits per heavy atom. The van der Waals surface area contributed by atoms with Crippen molar-refractivity contribution in [2.24, 2.45) is 17.8 Å². The van der Waals surface area contributed by atoms with Gasteiger partial charge in [0.15, 0.2) is 5.82 Å². The number of H-pyrrole nitrogens is 1. The minimum Gasteiger partial charge on any atom is -0.356 e. The van der Waals surface area contributed by atoms with Crippen LogP contribution < -0.4 is 16.0 Å². The monoisotopic (exact) mass is 424 g/mol. The number of aromatic amines is 1. The highest BCUT2D eigenvalue weighted by Crippen LogP contribution is 2.23. The maximum Gasteiger partial charge on any atom is 0.287 e. The SMILES string of the molecule is CC(C)C[C@H](NC(=O)c1nc2ccccc2[nH]1)C(=O)NC(C#N)[C@@H](C)C1CCNC1=O. The molecule has 4 N–H and O–H groups in total. The van der Waals surface area contributed by atoms with Gasteiger partial charge in [-0.25, -0.2) is 4.98 Å². The third kappa shape index (κ3) is 5.20. The molecule has 0 aliphatic carbocycles. The molecule has 2 heterocycles. The van der Waals surface area contributed by atoms with Crippen LogP contribution in [0.25, 0.3) is 11.0 Å². The van der Waals surface area contributed by atoms with Crippen molar-refractivity contribution in [2.75, 3.05) is 6.54 Å². The van der Waals surface area contributed by atoms with Crippen molar-refractivity contribution in [1.82, 2.24) is 25.9 Å². The molecule has 0 radical (unpaired) electrons. The lowest BCUT2D eigenvalue weighted by molar-refractivity contribution is -0.126. The average molecular weight is 425 g/mol. The maximum atomic E-state index is 13.0. The summed E-state index contributed by atoms with van der Waals surface area (Å²) in [4.78, 5) is 44.9. The number of hydrogen-bond donors (Lipinski definition) is 4. The van der Waals surface area contributed by atoms with Crippen LogP contribution in [-0.4, -0.2) is 46.3 Å². The van der Waals surface area contributed by atoms with Crippen LogP contribution in [0.1, 0.15) is 44.2 Å². The minimum absolute atomic E-state index is 0.0982. The zero-order valence-electron chi connectivity index (χ0n) is 17.9. The van der Waals surface area contributed by atoms with E-state index in [1.807, 2.05) is 32.0 Å². The first-order valence-electron chi connectivity index (χ1n) is 10.5. The molecular formula is C22H28N6O3. The van der Waals surface area contributed by atoms with Crippen molar-refractivity contribution in [1.29, 1.82) is 5.26 Å². The number of nitriles is 1. The van der Waals surface area contributed by atoms with Gasteiger partial charge in [-0.1, -0.05) is 32.9 Å². The van der Waals surface area contributed by atoms with Gasteiger partial charge in [0.2, 0.25) is 11.8 Å². The fraction of sp³-hybridized carbons (Fsp3) is 0.500. The van der Waals surface area contributed by atoms with Gasteiger partial charge in [-0.3, -0.25) is 14.4 Å². The second-order valence-corrected chi connectivity index (χ2v) is 8.42. The van der Waals surface area contributed by atoms with E-state index in [2.05, 4.69) is 32.0 Å². The first kappa shape index (κ1) is 22.3. The number of amides is 3. The van der Waals surface area contributed by atoms with Crippen LogP contribution >= 0.6 is 0 Å². The lowest BCUT2D eigenvalue weighted by Gasteiger charge is -2.26. The Kier molecular flexibility index (Phi) is 6.90. The highest BCUT2D eigenvalue weighted by atomic mass is 16.2. The number of carbonyl (C=O) groups excluding carboxylic acids is 3. The van der Waals surface area contributed by atoms with E-state index in [9.17, 15) is 19.6 Å². The summed E-state index contributed by atoms with van der Waals surface area (Å²) in [5.41, 5.74) is 1.39. The Bertz CT molecular complexity index is 975. The van der Waals surface area contributed by atoms with Gasteiger partial charge < -0.3 is 20.9 Å². The van der Waals surface area contributed by atoms with E-state index in [1.54, 1.807) is 13.0 Å². The molecule has 2 unspecified atom stereocenters. The Hall–Kier alpha value is -3.41. The normalized spacial score (nSPS) is 18.8. The summed E-state index contributed by atoms with van der Waals surface area (Å²) in [6, 6.07) is 7.70. The standard InChI is InChI=1S/C22H28N6O3/c1-12(2)10-17(27-22(31)19-25-15-6-4-5-7-16(15)26-19)21(30)28-18(11-23)13(3)14-8-9-24-20(14)29/h4-7,12-14,17-18H,8-10H2,1-3H3,(H,24,29)(H,25,26)(H,27,31)(H,28,30)/t13-,14?,17-,18?/m0/s1. The summed E-state index contributed by atoms with van der Waals surface area (Å²) in [5, 5.41) is 17.8. The molecule has 0 saturated carbocycles. The van der Waals surface area contributed by atoms with Crippen molar-refractivity contribution in [2.45, 2.75) is 45.7 Å². The molecule has 2 aromatic rings. The van der Waals surface area contributed by atoms with Crippen molar-refractivity contribution >= 4 is 28.8 Å². The van der Waals surface area contributed by atoms with Gasteiger partial charge in [-0.05, 0) is 30.9 Å². The second kappa shape index (κ2) is 9.60. The molecule has 164 valence electrons. The number of para-hydroxylation sites is 2. The number of benzene rings is 1. The van der Waals surface area contributed by atoms with Crippen molar-refractivity contribution in [3.63, 3.8) is 0 Å². The molecule has 1 fully saturated rings. The van der Waals surface area contributed by atoms with Gasteiger partial charge in [0.1, 0.15) is 12.1 Å². The second-order valence-electron chi connectivity index (χ2n) is 8.42. The topological polar surface area (TPSA) is 140 Å². The predicted molar refractivity (Wildman–Crippen MR) is 115 cm³/mol. The van der Waals surface area contributed by atoms with E-state index < -0.39 is 23.9 Å². The van der Waals surface area contributed by atoms with Crippen LogP contribution in [0.4, 0.5) is 0 Å². The maximum absolute atomic E-state index is 13.0. The number of aromatic nitrogens is 2. The Balaban J connectivity index is 1.71. The van der Waals surface area contributed by atoms with Crippen LogP contribution in [0.5, 0.6) is 0 Å². The van der Waals surface area contributed by atoms with Gasteiger partial charge in [0, 0.05) is 18.4 Å². The molecule has 1 aliphatic heterocycles. The van der Waals surface area contributed by atoms with Gasteiger partial charge in [-0.2, -0.15) is 5.26 Å². The molecule has 31 heavy (non-hydrogen) atoms. The zero-order valence-corrected chi connectivity index (χ0v) is 17.9. The lowest BCUT2D eigenvalue weighted by atomic mass is 9.86. The molecule has 1 aromatic carbocycles. The summed E-state index contributed by atoms with van der Waals surface area (Å²) in [7, 11) is 0. The van der Waals surface area contributed by atoms with E-state index in [4.69, 9.17) is 0 Å². The molecule has 0 bridgehead atoms. The lowest BCUT2D eigenvalue weighted by Crippen LogP contribution is -2.52. The molecule has 0 spiro atoms. The van der Waals surface area contributed by atoms with E-state index in [1.165, 1.54) is 0 Å². The largest absolute Gasteiger partial charge is 0.356 e. The smallest absolute Gasteiger partial charge is 0.287 e. The summed E-state index contributed by atoms with van der Waals surface area (Å²) >= 11 is 0. The first-order chi connectivity index (χ1) is 14.8. The fourth-order valence-corrected chi connectivity index (χ4v) is 3.87. The number of imidazole rings is 1. The average Bonchev–Trinajstić information content (AvgIpc) is 3.36. The van der Waals surface area contributed by atoms with Crippen LogP contribution in [0.3, 0.4) is 0 Å². The van der Waals surface area contributed by atoms with Crippen LogP contribution in [-0.2, 0) is 9.59 Å². The number of carbonyl (C=O) groups is 3. The van der Waals surface area contributed by atoms with Gasteiger partial charge in [0.25, 0.3) is 5.91 Å². The summed E-state index contributed by atoms with van der Waals surface area (Å²) in [5.74, 6) is -1.45. The third-order valence-corrected chi connectivity index (χ3v) is 5.62. The highest BCUT2D eigenvalue weighted by Gasteiger charge is 2.36. The van der Waals surface area contributed by atoms with Gasteiger partial charge >= 0.3 is 0 Å². The van der Waals surface area contributed by atoms with E-state index in [0.29, 0.717) is 24.9 Å². The van der Waals surface area contributed by atoms with Crippen LogP contribution in [0.15, 0.2) is 24.3 Å². The number of nitrogens with zero attached hydrogens (tertiary/aromatic N) is 2. The highest BCUT2D eigenvalue weighted by molar-refractivity contribution is 5.97. The molecule has 4 atom stereocenters. The Morgan fingerprint density at radius 1 is 1.26 bits per heavy atom. The Morgan fingerprint density at radius 3 is 2.61 bits per heavy atom. The summed E-state index contributed by atoms with van der Waals surface area (Å²) in [6.45, 7) is 6.25. The van der Waals surface area contributed by atoms with E-state index in [-0.39, 0.29) is 29.5 Å². The predicted octanol–water partition coefficient (Wildman–Crippen LogP) is 1.49. The number of rotatable bonds is 8. The van der Waals surface area contributed by atoms with Gasteiger partial charge in [0.05, 0.1) is 17.1 Å².